The molecule has 2 aromatic rings. The van der Waals surface area contributed by atoms with Crippen LogP contribution in [0.15, 0.2) is 36.9 Å². The molecule has 0 unspecified atom stereocenters. The summed E-state index contributed by atoms with van der Waals surface area (Å²) in [4.78, 5) is 3.46. The molecule has 2 nitrogen and oxygen atoms in total. The maximum Gasteiger partial charge on any atom is 0.258 e. The molecule has 0 saturated carbocycles. The van der Waals surface area contributed by atoms with E-state index in [2.05, 4.69) is 54.2 Å². The fourth-order valence-corrected chi connectivity index (χ4v) is 1.93. The van der Waals surface area contributed by atoms with Crippen LogP contribution in [0.4, 0.5) is 0 Å². The van der Waals surface area contributed by atoms with Crippen LogP contribution in [-0.4, -0.2) is 4.98 Å². The molecule has 0 saturated heterocycles. The second kappa shape index (κ2) is 3.89. The number of nitrogens with one attached hydrogen (secondary N) is 1. The molecule has 0 radical (unpaired) electrons. The first-order chi connectivity index (χ1) is 7.24. The van der Waals surface area contributed by atoms with Crippen molar-refractivity contribution in [1.82, 2.24) is 4.98 Å². The number of para-hydroxylation sites is 2. The minimum Gasteiger partial charge on any atom is -0.241 e. The van der Waals surface area contributed by atoms with Gasteiger partial charge in [-0.25, -0.2) is 9.55 Å². The monoisotopic (exact) mass is 201 g/mol. The number of rotatable bonds is 3. The molecule has 1 N–H and O–H groups in total. The van der Waals surface area contributed by atoms with Gasteiger partial charge in [0.05, 0.1) is 5.92 Å². The van der Waals surface area contributed by atoms with Crippen molar-refractivity contribution in [3.8, 4) is 0 Å². The summed E-state index contributed by atoms with van der Waals surface area (Å²) in [5, 5.41) is 0. The molecule has 2 heteroatoms. The molecule has 0 aliphatic carbocycles. The number of allylic oxidation sites excluding steroid dienone is 1. The lowest BCUT2D eigenvalue weighted by molar-refractivity contribution is -0.669. The Balaban J connectivity index is 2.68. The minimum absolute atomic E-state index is 0.498. The van der Waals surface area contributed by atoms with E-state index in [1.165, 1.54) is 16.9 Å². The van der Waals surface area contributed by atoms with Crippen LogP contribution in [0.5, 0.6) is 0 Å². The van der Waals surface area contributed by atoms with Crippen LogP contribution in [0.1, 0.15) is 25.6 Å². The number of aromatic amines is 1. The average molecular weight is 201 g/mol. The largest absolute Gasteiger partial charge is 0.258 e. The smallest absolute Gasteiger partial charge is 0.241 e. The number of fused-ring (bicyclic) bond motifs is 1. The summed E-state index contributed by atoms with van der Waals surface area (Å²) < 4.78 is 2.28. The molecule has 1 aromatic carbocycles. The zero-order valence-corrected chi connectivity index (χ0v) is 9.33. The van der Waals surface area contributed by atoms with Crippen molar-refractivity contribution >= 4 is 11.0 Å². The number of nitrogens with zero attached hydrogens (tertiary/aromatic N) is 1. The molecule has 0 bridgehead atoms. The number of hydrogen-bond donors (Lipinski definition) is 1. The van der Waals surface area contributed by atoms with Crippen molar-refractivity contribution in [2.45, 2.75) is 26.3 Å². The normalized spacial score (nSPS) is 11.1. The number of aromatic nitrogens is 2. The van der Waals surface area contributed by atoms with Gasteiger partial charge in [0.1, 0.15) is 6.54 Å². The summed E-state index contributed by atoms with van der Waals surface area (Å²) in [6.45, 7) is 9.06. The van der Waals surface area contributed by atoms with Crippen LogP contribution in [-0.2, 0) is 6.54 Å². The zero-order valence-electron chi connectivity index (χ0n) is 9.33. The Morgan fingerprint density at radius 3 is 2.80 bits per heavy atom. The van der Waals surface area contributed by atoms with E-state index in [1.807, 2.05) is 6.08 Å². The van der Waals surface area contributed by atoms with Gasteiger partial charge < -0.3 is 0 Å². The van der Waals surface area contributed by atoms with Crippen molar-refractivity contribution in [3.05, 3.63) is 42.7 Å². The van der Waals surface area contributed by atoms with Crippen LogP contribution >= 0.6 is 0 Å². The molecule has 1 heterocycles. The van der Waals surface area contributed by atoms with Gasteiger partial charge in [-0.1, -0.05) is 38.6 Å². The van der Waals surface area contributed by atoms with Gasteiger partial charge in [-0.15, -0.1) is 0 Å². The SMILES string of the molecule is C=CC[n+]1c(C(C)C)[nH]c2ccccc21. The third kappa shape index (κ3) is 1.67. The maximum absolute atomic E-state index is 3.81. The van der Waals surface area contributed by atoms with Gasteiger partial charge in [-0.05, 0) is 12.1 Å². The van der Waals surface area contributed by atoms with Crippen LogP contribution in [0.2, 0.25) is 0 Å². The third-order valence-electron chi connectivity index (χ3n) is 2.61. The lowest BCUT2D eigenvalue weighted by Gasteiger charge is -2.00. The highest BCUT2D eigenvalue weighted by Crippen LogP contribution is 2.14. The third-order valence-corrected chi connectivity index (χ3v) is 2.61. The lowest BCUT2D eigenvalue weighted by Crippen LogP contribution is -2.36. The molecular formula is C13H17N2+. The van der Waals surface area contributed by atoms with Crippen LogP contribution in [0, 0.1) is 0 Å². The Morgan fingerprint density at radius 2 is 2.13 bits per heavy atom. The first-order valence-electron chi connectivity index (χ1n) is 5.35. The topological polar surface area (TPSA) is 19.7 Å². The summed E-state index contributed by atoms with van der Waals surface area (Å²) in [6, 6.07) is 8.38. The van der Waals surface area contributed by atoms with Crippen LogP contribution in [0.25, 0.3) is 11.0 Å². The highest BCUT2D eigenvalue weighted by molar-refractivity contribution is 5.71. The second-order valence-corrected chi connectivity index (χ2v) is 4.08. The van der Waals surface area contributed by atoms with Gasteiger partial charge in [0.15, 0.2) is 11.0 Å². The Labute approximate surface area is 90.3 Å². The van der Waals surface area contributed by atoms with Gasteiger partial charge in [0.2, 0.25) is 0 Å². The first-order valence-corrected chi connectivity index (χ1v) is 5.35. The number of benzene rings is 1. The molecule has 0 aliphatic rings. The fraction of sp³-hybridized carbons (Fsp3) is 0.308. The number of imidazole rings is 1. The van der Waals surface area contributed by atoms with Crippen LogP contribution < -0.4 is 4.57 Å². The lowest BCUT2D eigenvalue weighted by atomic mass is 10.2. The molecule has 15 heavy (non-hydrogen) atoms. The van der Waals surface area contributed by atoms with E-state index in [0.717, 1.165) is 6.54 Å². The van der Waals surface area contributed by atoms with E-state index >= 15 is 0 Å². The van der Waals surface area contributed by atoms with Gasteiger partial charge >= 0.3 is 0 Å². The van der Waals surface area contributed by atoms with Gasteiger partial charge in [0, 0.05) is 0 Å². The quantitative estimate of drug-likeness (QED) is 0.582. The van der Waals surface area contributed by atoms with E-state index < -0.39 is 0 Å². The molecule has 0 aliphatic heterocycles. The van der Waals surface area contributed by atoms with Crippen molar-refractivity contribution in [2.24, 2.45) is 0 Å². The predicted octanol–water partition coefficient (Wildman–Crippen LogP) is 2.76. The minimum atomic E-state index is 0.498. The van der Waals surface area contributed by atoms with E-state index in [0.29, 0.717) is 5.92 Å². The number of hydrogen-bond acceptors (Lipinski definition) is 0. The number of H-pyrrole nitrogens is 1. The zero-order chi connectivity index (χ0) is 10.8. The van der Waals surface area contributed by atoms with Crippen LogP contribution in [0.3, 0.4) is 0 Å². The Bertz CT molecular complexity index is 480. The standard InChI is InChI=1S/C13H16N2/c1-4-9-15-12-8-6-5-7-11(12)14-13(15)10(2)3/h4-8,10H,1,9H2,2-3H3/p+1. The van der Waals surface area contributed by atoms with Crippen molar-refractivity contribution in [3.63, 3.8) is 0 Å². The van der Waals surface area contributed by atoms with Gasteiger partial charge in [-0.3, -0.25) is 0 Å². The van der Waals surface area contributed by atoms with Gasteiger partial charge in [0.25, 0.3) is 5.82 Å². The summed E-state index contributed by atoms with van der Waals surface area (Å²) in [6.07, 6.45) is 1.94. The second-order valence-electron chi connectivity index (χ2n) is 4.08. The van der Waals surface area contributed by atoms with E-state index in [4.69, 9.17) is 0 Å². The Morgan fingerprint density at radius 1 is 1.40 bits per heavy atom. The highest BCUT2D eigenvalue weighted by atomic mass is 15.1. The summed E-state index contributed by atoms with van der Waals surface area (Å²) >= 11 is 0. The fourth-order valence-electron chi connectivity index (χ4n) is 1.93. The Hall–Kier alpha value is -1.57. The summed E-state index contributed by atoms with van der Waals surface area (Å²) in [5.41, 5.74) is 2.45. The molecule has 0 atom stereocenters. The predicted molar refractivity (Wildman–Crippen MR) is 62.8 cm³/mol. The Kier molecular flexibility index (Phi) is 2.58. The van der Waals surface area contributed by atoms with Crippen molar-refractivity contribution in [1.29, 1.82) is 0 Å². The summed E-state index contributed by atoms with van der Waals surface area (Å²) in [5.74, 6) is 1.76. The molecule has 0 spiro atoms. The molecule has 0 amide bonds. The molecule has 0 fully saturated rings. The molecule has 78 valence electrons. The summed E-state index contributed by atoms with van der Waals surface area (Å²) in [7, 11) is 0. The average Bonchev–Trinajstić information content (AvgIpc) is 2.58. The maximum atomic E-state index is 3.81. The molecule has 2 rings (SSSR count). The first kappa shape index (κ1) is 9.97. The highest BCUT2D eigenvalue weighted by Gasteiger charge is 2.19. The van der Waals surface area contributed by atoms with E-state index in [1.54, 1.807) is 0 Å². The molecular weight excluding hydrogens is 184 g/mol. The molecule has 1 aromatic heterocycles. The van der Waals surface area contributed by atoms with E-state index in [9.17, 15) is 0 Å². The van der Waals surface area contributed by atoms with Crippen molar-refractivity contribution < 1.29 is 4.57 Å². The van der Waals surface area contributed by atoms with E-state index in [-0.39, 0.29) is 0 Å². The van der Waals surface area contributed by atoms with Gasteiger partial charge in [-0.2, -0.15) is 0 Å². The van der Waals surface area contributed by atoms with Crippen molar-refractivity contribution in [2.75, 3.05) is 0 Å².